The Hall–Kier alpha value is -1.62. The van der Waals surface area contributed by atoms with Crippen molar-refractivity contribution in [2.45, 2.75) is 71.6 Å². The summed E-state index contributed by atoms with van der Waals surface area (Å²) in [5, 5.41) is 12.7. The molecule has 0 aromatic carbocycles. The van der Waals surface area contributed by atoms with Crippen LogP contribution in [0, 0.1) is 0 Å². The maximum Gasteiger partial charge on any atom is 0.0546 e. The summed E-state index contributed by atoms with van der Waals surface area (Å²) in [6, 6.07) is 0.407. The monoisotopic (exact) mass is 301 g/mol. The highest BCUT2D eigenvalue weighted by molar-refractivity contribution is 5.26. The number of fused-ring (bicyclic) bond motifs is 1. The summed E-state index contributed by atoms with van der Waals surface area (Å²) in [5.74, 6) is 0. The van der Waals surface area contributed by atoms with E-state index in [2.05, 4.69) is 60.3 Å². The van der Waals surface area contributed by atoms with Gasteiger partial charge in [-0.1, -0.05) is 0 Å². The lowest BCUT2D eigenvalue weighted by atomic mass is 9.92. The van der Waals surface area contributed by atoms with E-state index in [0.717, 1.165) is 19.5 Å². The Morgan fingerprint density at radius 3 is 2.77 bits per heavy atom. The van der Waals surface area contributed by atoms with Crippen LogP contribution in [0.1, 0.15) is 63.4 Å². The highest BCUT2D eigenvalue weighted by atomic mass is 15.3. The Morgan fingerprint density at radius 1 is 1.27 bits per heavy atom. The molecule has 0 amide bonds. The molecule has 0 saturated heterocycles. The minimum Gasteiger partial charge on any atom is -0.306 e. The maximum atomic E-state index is 4.65. The molecule has 1 N–H and O–H groups in total. The summed E-state index contributed by atoms with van der Waals surface area (Å²) in [7, 11) is 0. The van der Waals surface area contributed by atoms with Crippen molar-refractivity contribution >= 4 is 0 Å². The molecule has 3 rings (SSSR count). The smallest absolute Gasteiger partial charge is 0.0546 e. The molecule has 0 radical (unpaired) electrons. The van der Waals surface area contributed by atoms with Gasteiger partial charge in [-0.2, -0.15) is 10.2 Å². The van der Waals surface area contributed by atoms with Crippen molar-refractivity contribution < 1.29 is 0 Å². The first-order valence-electron chi connectivity index (χ1n) is 8.31. The van der Waals surface area contributed by atoms with E-state index in [9.17, 15) is 0 Å². The zero-order chi connectivity index (χ0) is 15.7. The number of rotatable bonds is 4. The highest BCUT2D eigenvalue weighted by Gasteiger charge is 2.27. The number of aryl methyl sites for hydroxylation is 1. The van der Waals surface area contributed by atoms with E-state index < -0.39 is 0 Å². The third-order valence-electron chi connectivity index (χ3n) is 4.38. The minimum atomic E-state index is 0.0533. The fourth-order valence-electron chi connectivity index (χ4n) is 3.26. The molecule has 1 atom stereocenters. The predicted molar refractivity (Wildman–Crippen MR) is 87.6 cm³/mol. The molecule has 1 unspecified atom stereocenters. The van der Waals surface area contributed by atoms with Gasteiger partial charge < -0.3 is 5.32 Å². The fraction of sp³-hybridized carbons (Fsp3) is 0.647. The first kappa shape index (κ1) is 15.3. The van der Waals surface area contributed by atoms with Crippen molar-refractivity contribution in [3.8, 4) is 0 Å². The van der Waals surface area contributed by atoms with Crippen LogP contribution in [-0.4, -0.2) is 19.6 Å². The molecule has 22 heavy (non-hydrogen) atoms. The second-order valence-corrected chi connectivity index (χ2v) is 7.16. The van der Waals surface area contributed by atoms with Gasteiger partial charge in [0.25, 0.3) is 0 Å². The fourth-order valence-corrected chi connectivity index (χ4v) is 3.26. The van der Waals surface area contributed by atoms with Gasteiger partial charge in [0, 0.05) is 42.1 Å². The first-order chi connectivity index (χ1) is 10.5. The molecule has 0 aliphatic heterocycles. The van der Waals surface area contributed by atoms with Gasteiger partial charge in [-0.05, 0) is 47.0 Å². The van der Waals surface area contributed by atoms with Crippen LogP contribution < -0.4 is 5.32 Å². The molecular weight excluding hydrogens is 274 g/mol. The summed E-state index contributed by atoms with van der Waals surface area (Å²) in [4.78, 5) is 0. The van der Waals surface area contributed by atoms with Crippen LogP contribution in [0.2, 0.25) is 0 Å². The van der Waals surface area contributed by atoms with Crippen molar-refractivity contribution in [2.24, 2.45) is 0 Å². The average Bonchev–Trinajstić information content (AvgIpc) is 3.11. The molecule has 0 saturated carbocycles. The average molecular weight is 301 g/mol. The van der Waals surface area contributed by atoms with Gasteiger partial charge in [0.15, 0.2) is 0 Å². The molecule has 2 heterocycles. The van der Waals surface area contributed by atoms with Gasteiger partial charge in [-0.3, -0.25) is 9.36 Å². The van der Waals surface area contributed by atoms with Gasteiger partial charge >= 0.3 is 0 Å². The second-order valence-electron chi connectivity index (χ2n) is 7.16. The zero-order valence-electron chi connectivity index (χ0n) is 14.1. The quantitative estimate of drug-likeness (QED) is 0.944. The van der Waals surface area contributed by atoms with E-state index in [0.29, 0.717) is 6.04 Å². The summed E-state index contributed by atoms with van der Waals surface area (Å²) < 4.78 is 4.17. The summed E-state index contributed by atoms with van der Waals surface area (Å²) >= 11 is 0. The van der Waals surface area contributed by atoms with E-state index >= 15 is 0 Å². The van der Waals surface area contributed by atoms with Crippen molar-refractivity contribution in [3.05, 3.63) is 35.4 Å². The standard InChI is InChI=1S/C17H27N5/c1-5-21-12-13(10-19-21)9-18-15-7-6-8-16-14(15)11-20-22(16)17(2,3)4/h10-12,15,18H,5-9H2,1-4H3. The Labute approximate surface area is 132 Å². The van der Waals surface area contributed by atoms with Gasteiger partial charge in [-0.25, -0.2) is 0 Å². The first-order valence-corrected chi connectivity index (χ1v) is 8.31. The van der Waals surface area contributed by atoms with E-state index in [1.54, 1.807) is 0 Å². The number of hydrogen-bond acceptors (Lipinski definition) is 3. The van der Waals surface area contributed by atoms with Crippen LogP contribution >= 0.6 is 0 Å². The van der Waals surface area contributed by atoms with Crippen LogP contribution in [0.15, 0.2) is 18.6 Å². The van der Waals surface area contributed by atoms with Crippen molar-refractivity contribution in [3.63, 3.8) is 0 Å². The van der Waals surface area contributed by atoms with E-state index in [-0.39, 0.29) is 5.54 Å². The van der Waals surface area contributed by atoms with E-state index in [1.807, 2.05) is 10.9 Å². The van der Waals surface area contributed by atoms with Crippen LogP contribution in [0.25, 0.3) is 0 Å². The third-order valence-corrected chi connectivity index (χ3v) is 4.38. The molecule has 5 nitrogen and oxygen atoms in total. The lowest BCUT2D eigenvalue weighted by molar-refractivity contribution is 0.334. The third kappa shape index (κ3) is 2.95. The topological polar surface area (TPSA) is 47.7 Å². The summed E-state index contributed by atoms with van der Waals surface area (Å²) in [5.41, 5.74) is 4.08. The molecule has 1 aliphatic carbocycles. The van der Waals surface area contributed by atoms with Gasteiger partial charge in [0.1, 0.15) is 0 Å². The van der Waals surface area contributed by atoms with E-state index in [1.165, 1.54) is 29.7 Å². The number of nitrogens with zero attached hydrogens (tertiary/aromatic N) is 4. The lowest BCUT2D eigenvalue weighted by Gasteiger charge is -2.28. The molecule has 120 valence electrons. The summed E-state index contributed by atoms with van der Waals surface area (Å²) in [6.07, 6.45) is 9.69. The molecule has 1 aliphatic rings. The van der Waals surface area contributed by atoms with Crippen molar-refractivity contribution in [1.82, 2.24) is 24.9 Å². The Balaban J connectivity index is 1.73. The SMILES string of the molecule is CCn1cc(CNC2CCCc3c2cnn3C(C)(C)C)cn1. The number of aromatic nitrogens is 4. The van der Waals surface area contributed by atoms with Crippen LogP contribution in [0.4, 0.5) is 0 Å². The van der Waals surface area contributed by atoms with Crippen LogP contribution in [-0.2, 0) is 25.0 Å². The number of hydrogen-bond donors (Lipinski definition) is 1. The van der Waals surface area contributed by atoms with Crippen molar-refractivity contribution in [2.75, 3.05) is 0 Å². The molecule has 2 aromatic rings. The largest absolute Gasteiger partial charge is 0.306 e. The molecule has 0 fully saturated rings. The van der Waals surface area contributed by atoms with E-state index in [4.69, 9.17) is 0 Å². The molecule has 5 heteroatoms. The summed E-state index contributed by atoms with van der Waals surface area (Å²) in [6.45, 7) is 10.6. The van der Waals surface area contributed by atoms with Gasteiger partial charge in [0.05, 0.1) is 17.9 Å². The molecular formula is C17H27N5. The lowest BCUT2D eigenvalue weighted by Crippen LogP contribution is -2.29. The van der Waals surface area contributed by atoms with Crippen LogP contribution in [0.3, 0.4) is 0 Å². The Bertz CT molecular complexity index is 632. The molecule has 0 bridgehead atoms. The van der Waals surface area contributed by atoms with Crippen LogP contribution in [0.5, 0.6) is 0 Å². The zero-order valence-corrected chi connectivity index (χ0v) is 14.1. The predicted octanol–water partition coefficient (Wildman–Crippen LogP) is 3.02. The number of nitrogens with one attached hydrogen (secondary N) is 1. The maximum absolute atomic E-state index is 4.65. The second kappa shape index (κ2) is 5.88. The highest BCUT2D eigenvalue weighted by Crippen LogP contribution is 2.32. The minimum absolute atomic E-state index is 0.0533. The Morgan fingerprint density at radius 2 is 2.09 bits per heavy atom. The molecule has 2 aromatic heterocycles. The molecule has 0 spiro atoms. The van der Waals surface area contributed by atoms with Crippen molar-refractivity contribution in [1.29, 1.82) is 0 Å². The normalized spacial score (nSPS) is 18.5. The van der Waals surface area contributed by atoms with Gasteiger partial charge in [-0.15, -0.1) is 0 Å². The van der Waals surface area contributed by atoms with Gasteiger partial charge in [0.2, 0.25) is 0 Å². The Kier molecular flexibility index (Phi) is 4.08.